The molecule has 9 heteroatoms. The van der Waals surface area contributed by atoms with Gasteiger partial charge < -0.3 is 15.4 Å². The van der Waals surface area contributed by atoms with Crippen LogP contribution in [0.3, 0.4) is 0 Å². The molecule has 164 valence electrons. The number of ether oxygens (including phenoxy) is 1. The number of hydrogen-bond acceptors (Lipinski definition) is 4. The molecule has 0 bridgehead atoms. The van der Waals surface area contributed by atoms with E-state index in [0.29, 0.717) is 27.7 Å². The van der Waals surface area contributed by atoms with E-state index >= 15 is 0 Å². The molecule has 1 aliphatic rings. The summed E-state index contributed by atoms with van der Waals surface area (Å²) in [7, 11) is 1.53. The van der Waals surface area contributed by atoms with Gasteiger partial charge in [0.2, 0.25) is 0 Å². The van der Waals surface area contributed by atoms with Gasteiger partial charge in [-0.1, -0.05) is 17.7 Å². The van der Waals surface area contributed by atoms with Gasteiger partial charge in [0.15, 0.2) is 0 Å². The zero-order valence-corrected chi connectivity index (χ0v) is 18.5. The summed E-state index contributed by atoms with van der Waals surface area (Å²) in [6.45, 7) is 1.70. The lowest BCUT2D eigenvalue weighted by molar-refractivity contribution is 0.102. The van der Waals surface area contributed by atoms with Gasteiger partial charge in [0.25, 0.3) is 5.91 Å². The van der Waals surface area contributed by atoms with Crippen LogP contribution in [0.2, 0.25) is 5.02 Å². The highest BCUT2D eigenvalue weighted by molar-refractivity contribution is 6.31. The maximum Gasteiger partial charge on any atom is 0.259 e. The van der Waals surface area contributed by atoms with Crippen molar-refractivity contribution in [3.8, 4) is 11.4 Å². The Morgan fingerprint density at radius 3 is 2.74 bits per heavy atom. The predicted molar refractivity (Wildman–Crippen MR) is 122 cm³/mol. The molecule has 6 nitrogen and oxygen atoms in total. The van der Waals surface area contributed by atoms with E-state index in [1.165, 1.54) is 25.4 Å². The van der Waals surface area contributed by atoms with Gasteiger partial charge in [0.05, 0.1) is 35.9 Å². The molecule has 31 heavy (non-hydrogen) atoms. The quantitative estimate of drug-likeness (QED) is 0.568. The third-order valence-electron chi connectivity index (χ3n) is 5.24. The van der Waals surface area contributed by atoms with E-state index in [0.717, 1.165) is 31.6 Å². The molecule has 0 unspecified atom stereocenters. The van der Waals surface area contributed by atoms with Crippen LogP contribution >= 0.6 is 24.0 Å². The number of anilines is 1. The van der Waals surface area contributed by atoms with E-state index in [2.05, 4.69) is 15.7 Å². The molecule has 0 saturated carbocycles. The fourth-order valence-corrected chi connectivity index (χ4v) is 3.97. The smallest absolute Gasteiger partial charge is 0.259 e. The van der Waals surface area contributed by atoms with Crippen LogP contribution in [-0.2, 0) is 0 Å². The van der Waals surface area contributed by atoms with E-state index in [1.54, 1.807) is 35.0 Å². The van der Waals surface area contributed by atoms with E-state index in [9.17, 15) is 9.18 Å². The van der Waals surface area contributed by atoms with Crippen LogP contribution in [0.25, 0.3) is 5.69 Å². The molecule has 1 saturated heterocycles. The van der Waals surface area contributed by atoms with Gasteiger partial charge in [-0.05, 0) is 62.3 Å². The first kappa shape index (κ1) is 23.1. The van der Waals surface area contributed by atoms with Crippen molar-refractivity contribution < 1.29 is 13.9 Å². The maximum absolute atomic E-state index is 13.8. The second-order valence-electron chi connectivity index (χ2n) is 7.16. The fraction of sp³-hybridized carbons (Fsp3) is 0.273. The van der Waals surface area contributed by atoms with Crippen LogP contribution in [0.5, 0.6) is 5.75 Å². The molecular weight excluding hydrogens is 442 g/mol. The Balaban J connectivity index is 0.00000272. The molecule has 1 fully saturated rings. The van der Waals surface area contributed by atoms with E-state index in [4.69, 9.17) is 16.3 Å². The van der Waals surface area contributed by atoms with E-state index < -0.39 is 0 Å². The van der Waals surface area contributed by atoms with Gasteiger partial charge >= 0.3 is 0 Å². The first-order valence-corrected chi connectivity index (χ1v) is 10.1. The summed E-state index contributed by atoms with van der Waals surface area (Å²) in [5.41, 5.74) is 2.29. The minimum absolute atomic E-state index is 0. The number of nitrogens with zero attached hydrogens (tertiary/aromatic N) is 2. The number of carbonyl (C=O) groups is 1. The van der Waals surface area contributed by atoms with Gasteiger partial charge in [-0.3, -0.25) is 4.79 Å². The van der Waals surface area contributed by atoms with Crippen molar-refractivity contribution in [1.82, 2.24) is 15.1 Å². The van der Waals surface area contributed by atoms with Gasteiger partial charge in [-0.2, -0.15) is 5.10 Å². The summed E-state index contributed by atoms with van der Waals surface area (Å²) in [5, 5.41) is 11.1. The fourth-order valence-electron chi connectivity index (χ4n) is 3.80. The Morgan fingerprint density at radius 1 is 1.26 bits per heavy atom. The van der Waals surface area contributed by atoms with Crippen LogP contribution < -0.4 is 15.4 Å². The lowest BCUT2D eigenvalue weighted by Gasteiger charge is -2.24. The van der Waals surface area contributed by atoms with Crippen LogP contribution in [0, 0.1) is 5.82 Å². The van der Waals surface area contributed by atoms with Crippen molar-refractivity contribution in [1.29, 1.82) is 0 Å². The number of methoxy groups -OCH3 is 1. The zero-order valence-electron chi connectivity index (χ0n) is 16.9. The van der Waals surface area contributed by atoms with Gasteiger partial charge in [0.1, 0.15) is 11.6 Å². The molecule has 0 radical (unpaired) electrons. The Hall–Kier alpha value is -2.61. The first-order valence-electron chi connectivity index (χ1n) is 9.76. The topological polar surface area (TPSA) is 68.2 Å². The van der Waals surface area contributed by atoms with Gasteiger partial charge in [-0.15, -0.1) is 12.4 Å². The molecule has 0 atom stereocenters. The highest BCUT2D eigenvalue weighted by atomic mass is 35.5. The Morgan fingerprint density at radius 2 is 2.03 bits per heavy atom. The number of rotatable bonds is 5. The number of piperidine rings is 1. The molecule has 3 aromatic rings. The summed E-state index contributed by atoms with van der Waals surface area (Å²) < 4.78 is 20.8. The van der Waals surface area contributed by atoms with E-state index in [1.807, 2.05) is 0 Å². The lowest BCUT2D eigenvalue weighted by atomic mass is 9.91. The minimum atomic E-state index is -0.353. The average molecular weight is 465 g/mol. The average Bonchev–Trinajstić information content (AvgIpc) is 3.20. The van der Waals surface area contributed by atoms with Gasteiger partial charge in [-0.25, -0.2) is 9.07 Å². The number of amides is 1. The van der Waals surface area contributed by atoms with Crippen molar-refractivity contribution in [3.05, 3.63) is 70.8 Å². The number of nitrogens with one attached hydrogen (secondary N) is 2. The molecule has 0 spiro atoms. The molecule has 2 heterocycles. The molecule has 1 aliphatic heterocycles. The molecule has 0 aliphatic carbocycles. The Labute approximate surface area is 191 Å². The lowest BCUT2D eigenvalue weighted by Crippen LogP contribution is -2.29. The third-order valence-corrected chi connectivity index (χ3v) is 5.47. The predicted octanol–water partition coefficient (Wildman–Crippen LogP) is 4.81. The second-order valence-corrected chi connectivity index (χ2v) is 7.59. The molecule has 1 aromatic heterocycles. The molecule has 2 N–H and O–H groups in total. The summed E-state index contributed by atoms with van der Waals surface area (Å²) in [6.07, 6.45) is 3.26. The van der Waals surface area contributed by atoms with Crippen molar-refractivity contribution in [3.63, 3.8) is 0 Å². The molecule has 2 aromatic carbocycles. The normalized spacial score (nSPS) is 14.0. The Kier molecular flexibility index (Phi) is 7.54. The van der Waals surface area contributed by atoms with Crippen LogP contribution in [0.4, 0.5) is 10.1 Å². The second kappa shape index (κ2) is 10.1. The van der Waals surface area contributed by atoms with Crippen molar-refractivity contribution in [2.75, 3.05) is 25.5 Å². The first-order chi connectivity index (χ1) is 14.6. The largest absolute Gasteiger partial charge is 0.495 e. The summed E-state index contributed by atoms with van der Waals surface area (Å²) >= 11 is 6.09. The van der Waals surface area contributed by atoms with Crippen LogP contribution in [0.1, 0.15) is 34.8 Å². The third kappa shape index (κ3) is 5.01. The van der Waals surface area contributed by atoms with Crippen molar-refractivity contribution in [2.24, 2.45) is 0 Å². The molecule has 1 amide bonds. The SMILES string of the molecule is COc1ccc(Cl)cc1NC(=O)c1cnn(-c2cccc(F)c2)c1C1CCNCC1.Cl. The summed E-state index contributed by atoms with van der Waals surface area (Å²) in [6, 6.07) is 11.2. The zero-order chi connectivity index (χ0) is 21.1. The number of carbonyl (C=O) groups excluding carboxylic acids is 1. The van der Waals surface area contributed by atoms with E-state index in [-0.39, 0.29) is 30.0 Å². The minimum Gasteiger partial charge on any atom is -0.495 e. The number of benzene rings is 2. The van der Waals surface area contributed by atoms with Gasteiger partial charge in [0, 0.05) is 10.9 Å². The highest BCUT2D eigenvalue weighted by Crippen LogP contribution is 2.32. The number of halogens is 3. The summed E-state index contributed by atoms with van der Waals surface area (Å²) in [4.78, 5) is 13.2. The highest BCUT2D eigenvalue weighted by Gasteiger charge is 2.27. The molecule has 4 rings (SSSR count). The van der Waals surface area contributed by atoms with Crippen LogP contribution in [-0.4, -0.2) is 35.9 Å². The summed E-state index contributed by atoms with van der Waals surface area (Å²) in [5.74, 6) is -0.0339. The van der Waals surface area contributed by atoms with Crippen molar-refractivity contribution >= 4 is 35.6 Å². The molecular formula is C22H23Cl2FN4O2. The number of aromatic nitrogens is 2. The number of hydrogen-bond donors (Lipinski definition) is 2. The maximum atomic E-state index is 13.8. The van der Waals surface area contributed by atoms with Crippen LogP contribution in [0.15, 0.2) is 48.7 Å². The Bertz CT molecular complexity index is 1070. The monoisotopic (exact) mass is 464 g/mol. The standard InChI is InChI=1S/C22H22ClFN4O2.ClH/c1-30-20-6-5-15(23)11-19(20)27-22(29)18-13-26-28(17-4-2-3-16(24)12-17)21(18)14-7-9-25-10-8-14;/h2-6,11-14,25H,7-10H2,1H3,(H,27,29);1H. The van der Waals surface area contributed by atoms with Crippen molar-refractivity contribution in [2.45, 2.75) is 18.8 Å².